The number of amides is 1. The fraction of sp³-hybridized carbons (Fsp3) is 0.261. The minimum atomic E-state index is -4.53. The summed E-state index contributed by atoms with van der Waals surface area (Å²) < 4.78 is 45.8. The van der Waals surface area contributed by atoms with E-state index in [-0.39, 0.29) is 5.69 Å². The van der Waals surface area contributed by atoms with Crippen molar-refractivity contribution >= 4 is 17.3 Å². The van der Waals surface area contributed by atoms with Crippen molar-refractivity contribution in [2.75, 3.05) is 36.5 Å². The molecule has 1 fully saturated rings. The van der Waals surface area contributed by atoms with Gasteiger partial charge in [0.1, 0.15) is 0 Å². The van der Waals surface area contributed by atoms with E-state index in [1.807, 2.05) is 12.1 Å². The Hall–Kier alpha value is -3.66. The Morgan fingerprint density at radius 2 is 1.73 bits per heavy atom. The van der Waals surface area contributed by atoms with E-state index in [1.54, 1.807) is 12.1 Å². The third kappa shape index (κ3) is 5.06. The van der Waals surface area contributed by atoms with Gasteiger partial charge in [-0.05, 0) is 49.4 Å². The Labute approximate surface area is 187 Å². The van der Waals surface area contributed by atoms with Crippen LogP contribution in [0.25, 0.3) is 5.69 Å². The maximum atomic E-state index is 13.1. The maximum Gasteiger partial charge on any atom is 0.416 e. The van der Waals surface area contributed by atoms with Gasteiger partial charge in [0, 0.05) is 36.2 Å². The average molecular weight is 458 g/mol. The highest BCUT2D eigenvalue weighted by Crippen LogP contribution is 2.30. The van der Waals surface area contributed by atoms with Gasteiger partial charge in [0.25, 0.3) is 5.91 Å². The number of hydrogen-bond acceptors (Lipinski definition) is 5. The van der Waals surface area contributed by atoms with Gasteiger partial charge < -0.3 is 15.0 Å². The quantitative estimate of drug-likeness (QED) is 0.646. The van der Waals surface area contributed by atoms with E-state index in [4.69, 9.17) is 4.74 Å². The third-order valence-electron chi connectivity index (χ3n) is 5.24. The third-order valence-corrected chi connectivity index (χ3v) is 5.24. The molecule has 2 aromatic carbocycles. The molecule has 0 spiro atoms. The second kappa shape index (κ2) is 9.07. The van der Waals surface area contributed by atoms with Crippen molar-refractivity contribution in [3.8, 4) is 5.69 Å². The summed E-state index contributed by atoms with van der Waals surface area (Å²) >= 11 is 0. The van der Waals surface area contributed by atoms with Crippen LogP contribution in [0.5, 0.6) is 0 Å². The molecule has 172 valence electrons. The molecule has 33 heavy (non-hydrogen) atoms. The van der Waals surface area contributed by atoms with Crippen molar-refractivity contribution in [2.24, 2.45) is 0 Å². The lowest BCUT2D eigenvalue weighted by Gasteiger charge is -2.28. The standard InChI is InChI=1S/C23H21F3N4O3/c1-15-13-20(31)21(28-30(15)19-4-2-3-16(14-19)23(24,25)26)22(32)27-17-5-7-18(8-6-17)29-9-11-33-12-10-29/h2-8,13-14H,9-12H2,1H3,(H,27,32). The van der Waals surface area contributed by atoms with Gasteiger partial charge in [-0.3, -0.25) is 9.59 Å². The Balaban J connectivity index is 1.58. The highest BCUT2D eigenvalue weighted by molar-refractivity contribution is 6.02. The van der Waals surface area contributed by atoms with Gasteiger partial charge in [-0.15, -0.1) is 0 Å². The van der Waals surface area contributed by atoms with Crippen molar-refractivity contribution in [3.05, 3.63) is 81.8 Å². The van der Waals surface area contributed by atoms with Gasteiger partial charge in [0.15, 0.2) is 5.69 Å². The molecule has 1 aliphatic rings. The molecule has 0 radical (unpaired) electrons. The largest absolute Gasteiger partial charge is 0.416 e. The van der Waals surface area contributed by atoms with E-state index in [9.17, 15) is 22.8 Å². The zero-order valence-electron chi connectivity index (χ0n) is 17.7. The molecule has 1 aromatic heterocycles. The molecule has 3 aromatic rings. The lowest BCUT2D eigenvalue weighted by Crippen LogP contribution is -2.36. The topological polar surface area (TPSA) is 76.5 Å². The number of morpholine rings is 1. The van der Waals surface area contributed by atoms with Crippen LogP contribution < -0.4 is 15.6 Å². The second-order valence-corrected chi connectivity index (χ2v) is 7.56. The van der Waals surface area contributed by atoms with Crippen LogP contribution in [0.3, 0.4) is 0 Å². The molecule has 1 amide bonds. The minimum absolute atomic E-state index is 0.0891. The Kier molecular flexibility index (Phi) is 6.19. The lowest BCUT2D eigenvalue weighted by atomic mass is 10.2. The number of aryl methyl sites for hydroxylation is 1. The zero-order chi connectivity index (χ0) is 23.6. The maximum absolute atomic E-state index is 13.1. The number of ether oxygens (including phenoxy) is 1. The SMILES string of the molecule is Cc1cc(=O)c(C(=O)Nc2ccc(N3CCOCC3)cc2)nn1-c1cccc(C(F)(F)F)c1. The molecule has 0 saturated carbocycles. The molecule has 10 heteroatoms. The highest BCUT2D eigenvalue weighted by atomic mass is 19.4. The molecule has 4 rings (SSSR count). The molecule has 0 atom stereocenters. The first-order valence-corrected chi connectivity index (χ1v) is 10.2. The normalized spacial score (nSPS) is 14.2. The number of carbonyl (C=O) groups excluding carboxylic acids is 1. The van der Waals surface area contributed by atoms with Crippen LogP contribution in [0.2, 0.25) is 0 Å². The predicted molar refractivity (Wildman–Crippen MR) is 117 cm³/mol. The van der Waals surface area contributed by atoms with Gasteiger partial charge in [-0.25, -0.2) is 4.68 Å². The first-order valence-electron chi connectivity index (χ1n) is 10.2. The number of alkyl halides is 3. The molecule has 0 unspecified atom stereocenters. The Bertz CT molecular complexity index is 1220. The van der Waals surface area contributed by atoms with E-state index in [2.05, 4.69) is 15.3 Å². The molecular weight excluding hydrogens is 437 g/mol. The van der Waals surface area contributed by atoms with Crippen LogP contribution >= 0.6 is 0 Å². The number of carbonyl (C=O) groups is 1. The highest BCUT2D eigenvalue weighted by Gasteiger charge is 2.30. The fourth-order valence-corrected chi connectivity index (χ4v) is 3.55. The molecular formula is C23H21F3N4O3. The first kappa shape index (κ1) is 22.5. The van der Waals surface area contributed by atoms with Crippen molar-refractivity contribution in [2.45, 2.75) is 13.1 Å². The second-order valence-electron chi connectivity index (χ2n) is 7.56. The molecule has 1 aliphatic heterocycles. The summed E-state index contributed by atoms with van der Waals surface area (Å²) in [4.78, 5) is 27.3. The molecule has 0 aliphatic carbocycles. The first-order chi connectivity index (χ1) is 15.7. The average Bonchev–Trinajstić information content (AvgIpc) is 2.80. The van der Waals surface area contributed by atoms with Crippen LogP contribution in [0.1, 0.15) is 21.7 Å². The minimum Gasteiger partial charge on any atom is -0.378 e. The molecule has 7 nitrogen and oxygen atoms in total. The van der Waals surface area contributed by atoms with E-state index in [1.165, 1.54) is 25.1 Å². The number of rotatable bonds is 4. The molecule has 2 heterocycles. The summed E-state index contributed by atoms with van der Waals surface area (Å²) in [6.07, 6.45) is -4.53. The van der Waals surface area contributed by atoms with Gasteiger partial charge in [0.2, 0.25) is 5.43 Å². The number of benzene rings is 2. The number of anilines is 2. The monoisotopic (exact) mass is 458 g/mol. The van der Waals surface area contributed by atoms with Gasteiger partial charge in [0.05, 0.1) is 24.5 Å². The molecule has 1 saturated heterocycles. The van der Waals surface area contributed by atoms with Crippen molar-refractivity contribution in [1.82, 2.24) is 9.78 Å². The number of hydrogen-bond donors (Lipinski definition) is 1. The van der Waals surface area contributed by atoms with Crippen LogP contribution in [0.15, 0.2) is 59.4 Å². The summed E-state index contributed by atoms with van der Waals surface area (Å²) in [7, 11) is 0. The summed E-state index contributed by atoms with van der Waals surface area (Å²) in [5, 5.41) is 6.68. The van der Waals surface area contributed by atoms with Crippen LogP contribution in [0.4, 0.5) is 24.5 Å². The Morgan fingerprint density at radius 3 is 2.39 bits per heavy atom. The Morgan fingerprint density at radius 1 is 1.03 bits per heavy atom. The van der Waals surface area contributed by atoms with Gasteiger partial charge in [-0.2, -0.15) is 18.3 Å². The molecule has 1 N–H and O–H groups in total. The fourth-order valence-electron chi connectivity index (χ4n) is 3.55. The summed E-state index contributed by atoms with van der Waals surface area (Å²) in [6, 6.07) is 12.8. The summed E-state index contributed by atoms with van der Waals surface area (Å²) in [5.41, 5.74) is -0.0715. The van der Waals surface area contributed by atoms with Gasteiger partial charge in [-0.1, -0.05) is 6.07 Å². The zero-order valence-corrected chi connectivity index (χ0v) is 17.7. The number of aromatic nitrogens is 2. The summed E-state index contributed by atoms with van der Waals surface area (Å²) in [6.45, 7) is 4.37. The van der Waals surface area contributed by atoms with E-state index < -0.39 is 28.8 Å². The van der Waals surface area contributed by atoms with Crippen LogP contribution in [0, 0.1) is 6.92 Å². The van der Waals surface area contributed by atoms with E-state index >= 15 is 0 Å². The van der Waals surface area contributed by atoms with Gasteiger partial charge >= 0.3 is 6.18 Å². The number of nitrogens with one attached hydrogen (secondary N) is 1. The van der Waals surface area contributed by atoms with Crippen LogP contribution in [-0.4, -0.2) is 42.0 Å². The van der Waals surface area contributed by atoms with Crippen molar-refractivity contribution in [1.29, 1.82) is 0 Å². The van der Waals surface area contributed by atoms with Crippen molar-refractivity contribution < 1.29 is 22.7 Å². The lowest BCUT2D eigenvalue weighted by molar-refractivity contribution is -0.137. The predicted octanol–water partition coefficient (Wildman–Crippen LogP) is 3.65. The number of halogens is 3. The van der Waals surface area contributed by atoms with E-state index in [0.717, 1.165) is 35.6 Å². The number of nitrogens with zero attached hydrogens (tertiary/aromatic N) is 3. The van der Waals surface area contributed by atoms with Crippen LogP contribution in [-0.2, 0) is 10.9 Å². The molecule has 0 bridgehead atoms. The smallest absolute Gasteiger partial charge is 0.378 e. The van der Waals surface area contributed by atoms with E-state index in [0.29, 0.717) is 24.6 Å². The summed E-state index contributed by atoms with van der Waals surface area (Å²) in [5.74, 6) is -0.750. The van der Waals surface area contributed by atoms with Crippen molar-refractivity contribution in [3.63, 3.8) is 0 Å².